The molecule has 112 valence electrons. The molecule has 4 heteroatoms. The highest BCUT2D eigenvalue weighted by molar-refractivity contribution is 5.40. The van der Waals surface area contributed by atoms with Gasteiger partial charge in [-0.1, -0.05) is 24.0 Å². The van der Waals surface area contributed by atoms with Gasteiger partial charge in [0.2, 0.25) is 0 Å². The minimum absolute atomic E-state index is 0.152. The van der Waals surface area contributed by atoms with Crippen LogP contribution >= 0.6 is 0 Å². The minimum atomic E-state index is -0.317. The van der Waals surface area contributed by atoms with E-state index in [1.54, 1.807) is 36.8 Å². The van der Waals surface area contributed by atoms with E-state index in [9.17, 15) is 9.18 Å². The molecule has 0 saturated heterocycles. The maximum atomic E-state index is 13.2. The van der Waals surface area contributed by atoms with E-state index >= 15 is 0 Å². The molecule has 0 spiro atoms. The zero-order valence-electron chi connectivity index (χ0n) is 12.2. The van der Waals surface area contributed by atoms with Crippen LogP contribution < -0.4 is 5.56 Å². The Morgan fingerprint density at radius 1 is 1.04 bits per heavy atom. The van der Waals surface area contributed by atoms with E-state index in [-0.39, 0.29) is 11.4 Å². The van der Waals surface area contributed by atoms with Crippen molar-refractivity contribution in [3.63, 3.8) is 0 Å². The highest BCUT2D eigenvalue weighted by Crippen LogP contribution is 2.05. The molecule has 0 atom stereocenters. The molecule has 0 aliphatic rings. The Bertz CT molecular complexity index is 937. The molecule has 0 unspecified atom stereocenters. The molecule has 3 rings (SSSR count). The largest absolute Gasteiger partial charge is 0.310 e. The number of nitrogens with zero attached hydrogens (tertiary/aromatic N) is 2. The number of benzene rings is 1. The Morgan fingerprint density at radius 3 is 2.70 bits per heavy atom. The van der Waals surface area contributed by atoms with Crippen molar-refractivity contribution in [1.29, 1.82) is 0 Å². The fourth-order valence-electron chi connectivity index (χ4n) is 2.14. The molecule has 3 nitrogen and oxygen atoms in total. The van der Waals surface area contributed by atoms with Crippen molar-refractivity contribution in [3.05, 3.63) is 100.0 Å². The van der Waals surface area contributed by atoms with E-state index in [1.807, 2.05) is 12.1 Å². The Hall–Kier alpha value is -3.19. The van der Waals surface area contributed by atoms with Crippen LogP contribution in [-0.2, 0) is 6.54 Å². The summed E-state index contributed by atoms with van der Waals surface area (Å²) in [6.45, 7) is 0.305. The third-order valence-electron chi connectivity index (χ3n) is 3.24. The van der Waals surface area contributed by atoms with E-state index in [1.165, 1.54) is 22.8 Å². The van der Waals surface area contributed by atoms with Crippen LogP contribution in [0, 0.1) is 17.7 Å². The molecule has 23 heavy (non-hydrogen) atoms. The Labute approximate surface area is 133 Å². The smallest absolute Gasteiger partial charge is 0.250 e. The summed E-state index contributed by atoms with van der Waals surface area (Å²) in [5, 5.41) is 0. The van der Waals surface area contributed by atoms with Gasteiger partial charge in [-0.2, -0.15) is 0 Å². The molecule has 0 N–H and O–H groups in total. The summed E-state index contributed by atoms with van der Waals surface area (Å²) in [6, 6.07) is 13.0. The Morgan fingerprint density at radius 2 is 1.91 bits per heavy atom. The number of aromatic nitrogens is 2. The van der Waals surface area contributed by atoms with Crippen LogP contribution in [0.1, 0.15) is 16.7 Å². The maximum absolute atomic E-state index is 13.2. The molecule has 2 aromatic heterocycles. The molecule has 0 fully saturated rings. The summed E-state index contributed by atoms with van der Waals surface area (Å²) in [4.78, 5) is 15.9. The van der Waals surface area contributed by atoms with Crippen LogP contribution in [0.4, 0.5) is 4.39 Å². The number of pyridine rings is 2. The SMILES string of the molecule is O=c1ccc(C#Cc2cccnc2)cn1Cc1cccc(F)c1. The van der Waals surface area contributed by atoms with Gasteiger partial charge in [-0.15, -0.1) is 0 Å². The summed E-state index contributed by atoms with van der Waals surface area (Å²) >= 11 is 0. The second kappa shape index (κ2) is 6.71. The van der Waals surface area contributed by atoms with Gasteiger partial charge in [0, 0.05) is 35.8 Å². The summed E-state index contributed by atoms with van der Waals surface area (Å²) in [6.07, 6.45) is 5.04. The standard InChI is InChI=1S/C19H13FN2O/c20-18-5-1-3-17(11-18)14-22-13-16(8-9-19(22)23)7-6-15-4-2-10-21-12-15/h1-5,8-13H,14H2. The van der Waals surface area contributed by atoms with Crippen LogP contribution in [0.2, 0.25) is 0 Å². The maximum Gasteiger partial charge on any atom is 0.250 e. The van der Waals surface area contributed by atoms with Gasteiger partial charge in [0.1, 0.15) is 5.82 Å². The van der Waals surface area contributed by atoms with Gasteiger partial charge in [0.25, 0.3) is 5.56 Å². The monoisotopic (exact) mass is 304 g/mol. The fraction of sp³-hybridized carbons (Fsp3) is 0.0526. The predicted octanol–water partition coefficient (Wildman–Crippen LogP) is 2.83. The van der Waals surface area contributed by atoms with Gasteiger partial charge in [-0.3, -0.25) is 9.78 Å². The van der Waals surface area contributed by atoms with Crippen LogP contribution in [0.15, 0.2) is 71.9 Å². The van der Waals surface area contributed by atoms with Gasteiger partial charge < -0.3 is 4.57 Å². The van der Waals surface area contributed by atoms with Crippen molar-refractivity contribution < 1.29 is 4.39 Å². The molecule has 2 heterocycles. The average Bonchev–Trinajstić information content (AvgIpc) is 2.57. The van der Waals surface area contributed by atoms with E-state index in [0.717, 1.165) is 11.1 Å². The van der Waals surface area contributed by atoms with Gasteiger partial charge in [0.15, 0.2) is 0 Å². The predicted molar refractivity (Wildman–Crippen MR) is 86.4 cm³/mol. The van der Waals surface area contributed by atoms with Crippen LogP contribution in [0.5, 0.6) is 0 Å². The van der Waals surface area contributed by atoms with E-state index < -0.39 is 0 Å². The first-order chi connectivity index (χ1) is 11.2. The second-order valence-electron chi connectivity index (χ2n) is 5.01. The lowest BCUT2D eigenvalue weighted by Crippen LogP contribution is -2.19. The van der Waals surface area contributed by atoms with Gasteiger partial charge in [-0.05, 0) is 35.9 Å². The van der Waals surface area contributed by atoms with Crippen molar-refractivity contribution in [2.24, 2.45) is 0 Å². The molecular formula is C19H13FN2O. The van der Waals surface area contributed by atoms with Crippen molar-refractivity contribution in [1.82, 2.24) is 9.55 Å². The highest BCUT2D eigenvalue weighted by atomic mass is 19.1. The summed E-state index contributed by atoms with van der Waals surface area (Å²) in [5.41, 5.74) is 2.09. The first-order valence-electron chi connectivity index (χ1n) is 7.08. The lowest BCUT2D eigenvalue weighted by molar-refractivity contribution is 0.622. The fourth-order valence-corrected chi connectivity index (χ4v) is 2.14. The number of hydrogen-bond acceptors (Lipinski definition) is 2. The number of hydrogen-bond donors (Lipinski definition) is 0. The zero-order valence-corrected chi connectivity index (χ0v) is 12.2. The molecule has 0 aliphatic heterocycles. The topological polar surface area (TPSA) is 34.9 Å². The quantitative estimate of drug-likeness (QED) is 0.682. The molecule has 0 aliphatic carbocycles. The van der Waals surface area contributed by atoms with E-state index in [4.69, 9.17) is 0 Å². The van der Waals surface area contributed by atoms with Crippen molar-refractivity contribution in [2.75, 3.05) is 0 Å². The molecule has 3 aromatic rings. The highest BCUT2D eigenvalue weighted by Gasteiger charge is 2.00. The number of halogens is 1. The van der Waals surface area contributed by atoms with Crippen LogP contribution in [0.3, 0.4) is 0 Å². The van der Waals surface area contributed by atoms with Crippen molar-refractivity contribution >= 4 is 0 Å². The molecule has 0 radical (unpaired) electrons. The third-order valence-corrected chi connectivity index (χ3v) is 3.24. The van der Waals surface area contributed by atoms with E-state index in [0.29, 0.717) is 12.1 Å². The summed E-state index contributed by atoms with van der Waals surface area (Å²) in [5.74, 6) is 5.68. The zero-order chi connectivity index (χ0) is 16.1. The average molecular weight is 304 g/mol. The molecule has 1 aromatic carbocycles. The lowest BCUT2D eigenvalue weighted by Gasteiger charge is -2.06. The first-order valence-corrected chi connectivity index (χ1v) is 7.08. The molecule has 0 amide bonds. The number of rotatable bonds is 2. The molecule has 0 bridgehead atoms. The second-order valence-corrected chi connectivity index (χ2v) is 5.01. The van der Waals surface area contributed by atoms with Crippen molar-refractivity contribution in [3.8, 4) is 11.8 Å². The van der Waals surface area contributed by atoms with Gasteiger partial charge in [-0.25, -0.2) is 4.39 Å². The first kappa shape index (κ1) is 14.7. The normalized spacial score (nSPS) is 9.96. The lowest BCUT2D eigenvalue weighted by atomic mass is 10.2. The molecular weight excluding hydrogens is 291 g/mol. The van der Waals surface area contributed by atoms with Crippen molar-refractivity contribution in [2.45, 2.75) is 6.54 Å². The molecule has 0 saturated carbocycles. The summed E-state index contributed by atoms with van der Waals surface area (Å²) < 4.78 is 14.8. The summed E-state index contributed by atoms with van der Waals surface area (Å²) in [7, 11) is 0. The minimum Gasteiger partial charge on any atom is -0.310 e. The van der Waals surface area contributed by atoms with E-state index in [2.05, 4.69) is 16.8 Å². The Kier molecular flexibility index (Phi) is 4.30. The van der Waals surface area contributed by atoms with Gasteiger partial charge in [0.05, 0.1) is 6.54 Å². The van der Waals surface area contributed by atoms with Crippen LogP contribution in [0.25, 0.3) is 0 Å². The Balaban J connectivity index is 1.88. The van der Waals surface area contributed by atoms with Crippen LogP contribution in [-0.4, -0.2) is 9.55 Å². The third kappa shape index (κ3) is 3.92. The van der Waals surface area contributed by atoms with Gasteiger partial charge >= 0.3 is 0 Å².